The number of alkyl halides is 1. The maximum atomic E-state index is 6.18. The molecule has 0 aromatic heterocycles. The van der Waals surface area contributed by atoms with Crippen LogP contribution in [0.5, 0.6) is 11.5 Å². The van der Waals surface area contributed by atoms with Crippen molar-refractivity contribution in [3.63, 3.8) is 0 Å². The highest BCUT2D eigenvalue weighted by molar-refractivity contribution is 9.08. The van der Waals surface area contributed by atoms with Crippen LogP contribution >= 0.6 is 27.5 Å². The van der Waals surface area contributed by atoms with E-state index in [1.165, 1.54) is 5.39 Å². The molecule has 1 nitrogen and oxygen atoms in total. The second-order valence-electron chi connectivity index (χ2n) is 4.50. The second-order valence-corrected chi connectivity index (χ2v) is 5.47. The second kappa shape index (κ2) is 5.86. The number of benzene rings is 3. The molecule has 3 aromatic carbocycles. The first kappa shape index (κ1) is 13.5. The van der Waals surface area contributed by atoms with E-state index in [4.69, 9.17) is 16.3 Å². The number of hydrogen-bond acceptors (Lipinski definition) is 1. The van der Waals surface area contributed by atoms with Crippen molar-refractivity contribution in [3.05, 3.63) is 71.2 Å². The average Bonchev–Trinajstić information content (AvgIpc) is 2.47. The monoisotopic (exact) mass is 346 g/mol. The van der Waals surface area contributed by atoms with Gasteiger partial charge in [-0.15, -0.1) is 0 Å². The van der Waals surface area contributed by atoms with E-state index in [1.807, 2.05) is 42.5 Å². The summed E-state index contributed by atoms with van der Waals surface area (Å²) in [6.07, 6.45) is 0. The van der Waals surface area contributed by atoms with Crippen LogP contribution in [0.3, 0.4) is 0 Å². The van der Waals surface area contributed by atoms with Crippen molar-refractivity contribution < 1.29 is 4.74 Å². The summed E-state index contributed by atoms with van der Waals surface area (Å²) in [5, 5.41) is 3.81. The van der Waals surface area contributed by atoms with Crippen molar-refractivity contribution >= 4 is 38.3 Å². The minimum atomic E-state index is 0.708. The van der Waals surface area contributed by atoms with Crippen LogP contribution in [-0.2, 0) is 5.33 Å². The SMILES string of the molecule is Clc1cc(Oc2ccc3ccccc3c2)ccc1CBr. The number of fused-ring (bicyclic) bond motifs is 1. The van der Waals surface area contributed by atoms with Crippen LogP contribution in [0.2, 0.25) is 5.02 Å². The van der Waals surface area contributed by atoms with Crippen molar-refractivity contribution in [2.75, 3.05) is 0 Å². The number of halogens is 2. The van der Waals surface area contributed by atoms with Crippen LogP contribution < -0.4 is 4.74 Å². The zero-order chi connectivity index (χ0) is 13.9. The quantitative estimate of drug-likeness (QED) is 0.514. The summed E-state index contributed by atoms with van der Waals surface area (Å²) in [4.78, 5) is 0. The highest BCUT2D eigenvalue weighted by Gasteiger charge is 2.03. The van der Waals surface area contributed by atoms with Crippen molar-refractivity contribution in [3.8, 4) is 11.5 Å². The molecular weight excluding hydrogens is 336 g/mol. The molecule has 3 rings (SSSR count). The van der Waals surface area contributed by atoms with Gasteiger partial charge in [0.25, 0.3) is 0 Å². The third kappa shape index (κ3) is 2.82. The highest BCUT2D eigenvalue weighted by Crippen LogP contribution is 2.29. The standard InChI is InChI=1S/C17H12BrClO/c18-11-14-6-8-16(10-17(14)19)20-15-7-5-12-3-1-2-4-13(12)9-15/h1-10H,11H2. The maximum absolute atomic E-state index is 6.18. The van der Waals surface area contributed by atoms with E-state index in [0.717, 1.165) is 27.8 Å². The molecule has 0 aliphatic heterocycles. The lowest BCUT2D eigenvalue weighted by atomic mass is 10.1. The summed E-state index contributed by atoms with van der Waals surface area (Å²) in [6, 6.07) is 20.0. The van der Waals surface area contributed by atoms with Crippen molar-refractivity contribution in [1.29, 1.82) is 0 Å². The van der Waals surface area contributed by atoms with E-state index in [2.05, 4.69) is 34.1 Å². The zero-order valence-electron chi connectivity index (χ0n) is 10.6. The molecule has 0 fully saturated rings. The van der Waals surface area contributed by atoms with Gasteiger partial charge in [-0.2, -0.15) is 0 Å². The van der Waals surface area contributed by atoms with Gasteiger partial charge in [-0.25, -0.2) is 0 Å². The molecule has 0 N–H and O–H groups in total. The van der Waals surface area contributed by atoms with Crippen LogP contribution in [0.1, 0.15) is 5.56 Å². The van der Waals surface area contributed by atoms with Gasteiger partial charge >= 0.3 is 0 Å². The van der Waals surface area contributed by atoms with Gasteiger partial charge in [-0.05, 0) is 40.6 Å². The number of ether oxygens (including phenoxy) is 1. The van der Waals surface area contributed by atoms with Crippen LogP contribution in [0, 0.1) is 0 Å². The predicted molar refractivity (Wildman–Crippen MR) is 88.1 cm³/mol. The van der Waals surface area contributed by atoms with E-state index in [-0.39, 0.29) is 0 Å². The fourth-order valence-electron chi connectivity index (χ4n) is 2.07. The van der Waals surface area contributed by atoms with Gasteiger partial charge in [0.05, 0.1) is 0 Å². The lowest BCUT2D eigenvalue weighted by Crippen LogP contribution is -1.86. The predicted octanol–water partition coefficient (Wildman–Crippen LogP) is 6.18. The van der Waals surface area contributed by atoms with Gasteiger partial charge in [0, 0.05) is 10.4 Å². The highest BCUT2D eigenvalue weighted by atomic mass is 79.9. The minimum absolute atomic E-state index is 0.708. The van der Waals surface area contributed by atoms with Crippen molar-refractivity contribution in [2.45, 2.75) is 5.33 Å². The summed E-state index contributed by atoms with van der Waals surface area (Å²) in [5.41, 5.74) is 1.05. The van der Waals surface area contributed by atoms with Gasteiger partial charge in [0.2, 0.25) is 0 Å². The molecule has 0 unspecified atom stereocenters. The van der Waals surface area contributed by atoms with E-state index in [1.54, 1.807) is 0 Å². The minimum Gasteiger partial charge on any atom is -0.457 e. The third-order valence-corrected chi connectivity index (χ3v) is 4.08. The summed E-state index contributed by atoms with van der Waals surface area (Å²) in [6.45, 7) is 0. The Labute approximate surface area is 131 Å². The van der Waals surface area contributed by atoms with Crippen LogP contribution in [0.15, 0.2) is 60.7 Å². The number of hydrogen-bond donors (Lipinski definition) is 0. The molecule has 0 heterocycles. The zero-order valence-corrected chi connectivity index (χ0v) is 13.0. The van der Waals surface area contributed by atoms with E-state index < -0.39 is 0 Å². The topological polar surface area (TPSA) is 9.23 Å². The number of rotatable bonds is 3. The lowest BCUT2D eigenvalue weighted by molar-refractivity contribution is 0.483. The van der Waals surface area contributed by atoms with Gasteiger partial charge in [0.15, 0.2) is 0 Å². The van der Waals surface area contributed by atoms with E-state index in [9.17, 15) is 0 Å². The Morgan fingerprint density at radius 2 is 1.55 bits per heavy atom. The van der Waals surface area contributed by atoms with E-state index in [0.29, 0.717) is 5.02 Å². The molecule has 0 bridgehead atoms. The summed E-state index contributed by atoms with van der Waals surface area (Å²) >= 11 is 9.58. The first-order chi connectivity index (χ1) is 9.76. The summed E-state index contributed by atoms with van der Waals surface area (Å²) < 4.78 is 5.87. The molecular formula is C17H12BrClO. The molecule has 0 aliphatic carbocycles. The molecule has 0 spiro atoms. The fraction of sp³-hybridized carbons (Fsp3) is 0.0588. The molecule has 0 aliphatic rings. The molecule has 3 heteroatoms. The average molecular weight is 348 g/mol. The smallest absolute Gasteiger partial charge is 0.128 e. The Morgan fingerprint density at radius 3 is 2.30 bits per heavy atom. The Hall–Kier alpha value is -1.51. The van der Waals surface area contributed by atoms with Crippen LogP contribution in [0.4, 0.5) is 0 Å². The molecule has 0 radical (unpaired) electrons. The van der Waals surface area contributed by atoms with Gasteiger partial charge in [0.1, 0.15) is 11.5 Å². The first-order valence-electron chi connectivity index (χ1n) is 6.27. The first-order valence-corrected chi connectivity index (χ1v) is 7.77. The Balaban J connectivity index is 1.90. The third-order valence-electron chi connectivity index (χ3n) is 3.13. The molecule has 0 amide bonds. The summed E-state index contributed by atoms with van der Waals surface area (Å²) in [7, 11) is 0. The van der Waals surface area contributed by atoms with Gasteiger partial charge < -0.3 is 4.74 Å². The normalized spacial score (nSPS) is 10.7. The summed E-state index contributed by atoms with van der Waals surface area (Å²) in [5.74, 6) is 1.56. The van der Waals surface area contributed by atoms with Crippen LogP contribution in [-0.4, -0.2) is 0 Å². The van der Waals surface area contributed by atoms with Crippen molar-refractivity contribution in [1.82, 2.24) is 0 Å². The lowest BCUT2D eigenvalue weighted by Gasteiger charge is -2.08. The largest absolute Gasteiger partial charge is 0.457 e. The molecule has 3 aromatic rings. The molecule has 100 valence electrons. The Kier molecular flexibility index (Phi) is 3.95. The van der Waals surface area contributed by atoms with Gasteiger partial charge in [-0.1, -0.05) is 63.9 Å². The Bertz CT molecular complexity index is 755. The Morgan fingerprint density at radius 1 is 0.850 bits per heavy atom. The van der Waals surface area contributed by atoms with Gasteiger partial charge in [-0.3, -0.25) is 0 Å². The fourth-order valence-corrected chi connectivity index (χ4v) is 2.95. The maximum Gasteiger partial charge on any atom is 0.128 e. The molecule has 0 atom stereocenters. The molecule has 0 saturated heterocycles. The molecule has 20 heavy (non-hydrogen) atoms. The van der Waals surface area contributed by atoms with Crippen molar-refractivity contribution in [2.24, 2.45) is 0 Å². The van der Waals surface area contributed by atoms with Crippen LogP contribution in [0.25, 0.3) is 10.8 Å². The molecule has 0 saturated carbocycles. The van der Waals surface area contributed by atoms with E-state index >= 15 is 0 Å².